The van der Waals surface area contributed by atoms with Gasteiger partial charge in [0, 0.05) is 24.7 Å². The van der Waals surface area contributed by atoms with Crippen LogP contribution in [0.4, 0.5) is 0 Å². The highest BCUT2D eigenvalue weighted by Gasteiger charge is 2.20. The molecule has 8 heteroatoms. The second-order valence-corrected chi connectivity index (χ2v) is 7.34. The first-order valence-electron chi connectivity index (χ1n) is 10.5. The van der Waals surface area contributed by atoms with Crippen LogP contribution in [0.5, 0.6) is 5.75 Å². The molecule has 4 heterocycles. The molecule has 0 aliphatic carbocycles. The van der Waals surface area contributed by atoms with E-state index < -0.39 is 0 Å². The summed E-state index contributed by atoms with van der Waals surface area (Å²) >= 11 is 0. The first-order valence-corrected chi connectivity index (χ1v) is 10.5. The fourth-order valence-electron chi connectivity index (χ4n) is 3.58. The van der Waals surface area contributed by atoms with Crippen LogP contribution in [-0.4, -0.2) is 46.0 Å². The van der Waals surface area contributed by atoms with Gasteiger partial charge >= 0.3 is 5.97 Å². The highest BCUT2D eigenvalue weighted by Crippen LogP contribution is 2.27. The van der Waals surface area contributed by atoms with Gasteiger partial charge in [0.15, 0.2) is 6.23 Å². The average molecular weight is 422 g/mol. The van der Waals surface area contributed by atoms with Gasteiger partial charge in [-0.15, -0.1) is 0 Å². The van der Waals surface area contributed by atoms with Gasteiger partial charge in [0.25, 0.3) is 0 Å². The Morgan fingerprint density at radius 3 is 2.90 bits per heavy atom. The Labute approximate surface area is 181 Å². The number of esters is 1. The Kier molecular flexibility index (Phi) is 6.89. The van der Waals surface area contributed by atoms with Crippen molar-refractivity contribution < 1.29 is 19.0 Å². The SMILES string of the molecule is COC(=O)c1ccnc(CCCOc2ccc(-c3ccnn3C3CCCCO3)nc2)c1. The summed E-state index contributed by atoms with van der Waals surface area (Å²) < 4.78 is 18.3. The largest absolute Gasteiger partial charge is 0.492 e. The van der Waals surface area contributed by atoms with Crippen molar-refractivity contribution in [3.05, 3.63) is 60.2 Å². The summed E-state index contributed by atoms with van der Waals surface area (Å²) in [5, 5.41) is 4.44. The van der Waals surface area contributed by atoms with Gasteiger partial charge in [0.2, 0.25) is 0 Å². The summed E-state index contributed by atoms with van der Waals surface area (Å²) in [6.45, 7) is 1.30. The van der Waals surface area contributed by atoms with Crippen LogP contribution in [0.1, 0.15) is 48.0 Å². The molecule has 0 bridgehead atoms. The van der Waals surface area contributed by atoms with Crippen molar-refractivity contribution in [3.63, 3.8) is 0 Å². The molecule has 0 spiro atoms. The van der Waals surface area contributed by atoms with E-state index in [4.69, 9.17) is 14.2 Å². The number of carbonyl (C=O) groups is 1. The van der Waals surface area contributed by atoms with E-state index in [2.05, 4.69) is 15.1 Å². The summed E-state index contributed by atoms with van der Waals surface area (Å²) in [5.74, 6) is 0.349. The number of rotatable bonds is 8. The molecule has 1 aliphatic heterocycles. The molecule has 0 aromatic carbocycles. The first-order chi connectivity index (χ1) is 15.2. The van der Waals surface area contributed by atoms with Gasteiger partial charge in [-0.3, -0.25) is 9.97 Å². The molecule has 31 heavy (non-hydrogen) atoms. The van der Waals surface area contributed by atoms with Crippen molar-refractivity contribution in [2.75, 3.05) is 20.3 Å². The van der Waals surface area contributed by atoms with E-state index >= 15 is 0 Å². The number of aryl methyl sites for hydroxylation is 1. The molecule has 0 N–H and O–H groups in total. The molecule has 1 aliphatic rings. The normalized spacial score (nSPS) is 16.1. The maximum atomic E-state index is 11.6. The molecule has 1 fully saturated rings. The number of methoxy groups -OCH3 is 1. The van der Waals surface area contributed by atoms with Gasteiger partial charge in [-0.25, -0.2) is 9.48 Å². The standard InChI is InChI=1S/C23H26N4O4/c1-29-23(28)17-9-11-24-18(15-17)5-4-14-30-19-7-8-20(25-16-19)21-10-12-26-27(21)22-6-2-3-13-31-22/h7-12,15-16,22H,2-6,13-14H2,1H3. The lowest BCUT2D eigenvalue weighted by Crippen LogP contribution is -2.20. The average Bonchev–Trinajstić information content (AvgIpc) is 3.32. The molecule has 1 unspecified atom stereocenters. The number of ether oxygens (including phenoxy) is 3. The van der Waals surface area contributed by atoms with Crippen LogP contribution in [0.3, 0.4) is 0 Å². The van der Waals surface area contributed by atoms with Gasteiger partial charge in [-0.05, 0) is 62.4 Å². The third kappa shape index (κ3) is 5.27. The van der Waals surface area contributed by atoms with E-state index in [0.29, 0.717) is 24.3 Å². The summed E-state index contributed by atoms with van der Waals surface area (Å²) in [4.78, 5) is 20.5. The minimum Gasteiger partial charge on any atom is -0.492 e. The summed E-state index contributed by atoms with van der Waals surface area (Å²) in [6.07, 6.45) is 9.79. The monoisotopic (exact) mass is 422 g/mol. The van der Waals surface area contributed by atoms with Gasteiger partial charge in [0.05, 0.1) is 36.9 Å². The molecular formula is C23H26N4O4. The Balaban J connectivity index is 1.30. The van der Waals surface area contributed by atoms with E-state index in [1.54, 1.807) is 30.7 Å². The Hall–Kier alpha value is -3.26. The number of pyridine rings is 2. The van der Waals surface area contributed by atoms with E-state index in [-0.39, 0.29) is 12.2 Å². The lowest BCUT2D eigenvalue weighted by molar-refractivity contribution is -0.0384. The maximum Gasteiger partial charge on any atom is 0.337 e. The summed E-state index contributed by atoms with van der Waals surface area (Å²) in [5.41, 5.74) is 3.11. The van der Waals surface area contributed by atoms with Gasteiger partial charge in [0.1, 0.15) is 5.75 Å². The van der Waals surface area contributed by atoms with Crippen LogP contribution >= 0.6 is 0 Å². The molecule has 0 radical (unpaired) electrons. The number of aromatic nitrogens is 4. The van der Waals surface area contributed by atoms with Crippen LogP contribution in [0.15, 0.2) is 48.9 Å². The molecule has 162 valence electrons. The van der Waals surface area contributed by atoms with Gasteiger partial charge < -0.3 is 14.2 Å². The Morgan fingerprint density at radius 1 is 1.19 bits per heavy atom. The maximum absolute atomic E-state index is 11.6. The predicted molar refractivity (Wildman–Crippen MR) is 114 cm³/mol. The van der Waals surface area contributed by atoms with E-state index in [1.165, 1.54) is 7.11 Å². The zero-order chi connectivity index (χ0) is 21.5. The second kappa shape index (κ2) is 10.2. The smallest absolute Gasteiger partial charge is 0.337 e. The fraction of sp³-hybridized carbons (Fsp3) is 0.391. The van der Waals surface area contributed by atoms with Crippen molar-refractivity contribution >= 4 is 5.97 Å². The quantitative estimate of drug-likeness (QED) is 0.402. The third-order valence-electron chi connectivity index (χ3n) is 5.18. The van der Waals surface area contributed by atoms with Crippen molar-refractivity contribution in [2.24, 2.45) is 0 Å². The highest BCUT2D eigenvalue weighted by molar-refractivity contribution is 5.89. The van der Waals surface area contributed by atoms with Crippen molar-refractivity contribution in [1.29, 1.82) is 0 Å². The molecule has 3 aromatic rings. The van der Waals surface area contributed by atoms with Gasteiger partial charge in [-0.2, -0.15) is 5.10 Å². The topological polar surface area (TPSA) is 88.4 Å². The second-order valence-electron chi connectivity index (χ2n) is 7.34. The van der Waals surface area contributed by atoms with E-state index in [1.807, 2.05) is 22.9 Å². The van der Waals surface area contributed by atoms with Crippen LogP contribution in [0, 0.1) is 0 Å². The minimum absolute atomic E-state index is 0.0252. The summed E-state index contributed by atoms with van der Waals surface area (Å²) in [7, 11) is 1.37. The van der Waals surface area contributed by atoms with Crippen LogP contribution in [-0.2, 0) is 15.9 Å². The molecule has 1 saturated heterocycles. The molecule has 8 nitrogen and oxygen atoms in total. The molecule has 1 atom stereocenters. The molecule has 3 aromatic heterocycles. The Morgan fingerprint density at radius 2 is 2.13 bits per heavy atom. The molecule has 0 saturated carbocycles. The van der Waals surface area contributed by atoms with Crippen LogP contribution in [0.25, 0.3) is 11.4 Å². The minimum atomic E-state index is -0.359. The number of hydrogen-bond donors (Lipinski definition) is 0. The van der Waals surface area contributed by atoms with Crippen LogP contribution < -0.4 is 4.74 Å². The number of nitrogens with zero attached hydrogens (tertiary/aromatic N) is 4. The molecule has 0 amide bonds. The number of hydrogen-bond acceptors (Lipinski definition) is 7. The Bertz CT molecular complexity index is 997. The van der Waals surface area contributed by atoms with Crippen molar-refractivity contribution in [3.8, 4) is 17.1 Å². The van der Waals surface area contributed by atoms with E-state index in [0.717, 1.165) is 49.4 Å². The fourth-order valence-corrected chi connectivity index (χ4v) is 3.58. The van der Waals surface area contributed by atoms with Crippen molar-refractivity contribution in [1.82, 2.24) is 19.7 Å². The molecule has 4 rings (SSSR count). The lowest BCUT2D eigenvalue weighted by Gasteiger charge is -2.24. The third-order valence-corrected chi connectivity index (χ3v) is 5.18. The van der Waals surface area contributed by atoms with Crippen LogP contribution in [0.2, 0.25) is 0 Å². The predicted octanol–water partition coefficient (Wildman–Crippen LogP) is 3.84. The van der Waals surface area contributed by atoms with Gasteiger partial charge in [-0.1, -0.05) is 0 Å². The zero-order valence-electron chi connectivity index (χ0n) is 17.6. The molecular weight excluding hydrogens is 396 g/mol. The zero-order valence-corrected chi connectivity index (χ0v) is 17.6. The summed E-state index contributed by atoms with van der Waals surface area (Å²) in [6, 6.07) is 9.20. The lowest BCUT2D eigenvalue weighted by atomic mass is 10.1. The van der Waals surface area contributed by atoms with E-state index in [9.17, 15) is 4.79 Å². The highest BCUT2D eigenvalue weighted by atomic mass is 16.5. The van der Waals surface area contributed by atoms with Crippen molar-refractivity contribution in [2.45, 2.75) is 38.3 Å². The first kappa shape index (κ1) is 21.0. The number of carbonyl (C=O) groups excluding carboxylic acids is 1.